The summed E-state index contributed by atoms with van der Waals surface area (Å²) in [6.07, 6.45) is 1.89. The molecule has 0 spiro atoms. The topological polar surface area (TPSA) is 12.4 Å². The van der Waals surface area contributed by atoms with E-state index in [0.717, 1.165) is 9.21 Å². The van der Waals surface area contributed by atoms with Crippen LogP contribution in [0.25, 0.3) is 0 Å². The van der Waals surface area contributed by atoms with Gasteiger partial charge in [-0.15, -0.1) is 0 Å². The quantitative estimate of drug-likeness (QED) is 0.374. The summed E-state index contributed by atoms with van der Waals surface area (Å²) >= 11 is 5.29. The molecule has 6 heavy (non-hydrogen) atoms. The van der Waals surface area contributed by atoms with Crippen LogP contribution in [0, 0.1) is 0 Å². The molecule has 0 amide bonds. The second kappa shape index (κ2) is 1.82. The van der Waals surface area contributed by atoms with Gasteiger partial charge in [-0.3, -0.25) is 0 Å². The Bertz CT molecular complexity index is 99.0. The zero-order valence-corrected chi connectivity index (χ0v) is 5.58. The predicted octanol–water partition coefficient (Wildman–Crippen LogP) is 0.478. The first kappa shape index (κ1) is 4.44. The number of nitrogens with zero attached hydrogens (tertiary/aromatic N) is 1. The summed E-state index contributed by atoms with van der Waals surface area (Å²) in [5.41, 5.74) is 0. The molecular weight excluding hydrogens is 161 g/mol. The Morgan fingerprint density at radius 1 is 2.00 bits per heavy atom. The minimum atomic E-state index is 0.537. The molecule has 0 aliphatic carbocycles. The first-order valence-corrected chi connectivity index (χ1v) is 4.06. The fourth-order valence-electron chi connectivity index (χ4n) is 0.258. The molecule has 0 unspecified atom stereocenters. The SMILES string of the molecule is S=C1N=CC[Se]1. The molecule has 0 saturated carbocycles. The molecule has 0 aromatic carbocycles. The van der Waals surface area contributed by atoms with Crippen molar-refractivity contribution in [3.05, 3.63) is 0 Å². The molecule has 0 N–H and O–H groups in total. The van der Waals surface area contributed by atoms with E-state index < -0.39 is 0 Å². The maximum atomic E-state index is 4.75. The van der Waals surface area contributed by atoms with Crippen LogP contribution in [-0.2, 0) is 0 Å². The summed E-state index contributed by atoms with van der Waals surface area (Å²) in [5, 5.41) is 1.12. The third kappa shape index (κ3) is 0.869. The molecular formula is C3H3NSSe. The summed E-state index contributed by atoms with van der Waals surface area (Å²) in [6, 6.07) is 0. The number of hydrogen-bond acceptors (Lipinski definition) is 1. The van der Waals surface area contributed by atoms with Crippen molar-refractivity contribution in [1.29, 1.82) is 0 Å². The molecule has 0 aromatic heterocycles. The van der Waals surface area contributed by atoms with Crippen LogP contribution in [0.4, 0.5) is 0 Å². The van der Waals surface area contributed by atoms with Crippen molar-refractivity contribution >= 4 is 37.3 Å². The van der Waals surface area contributed by atoms with Crippen molar-refractivity contribution in [1.82, 2.24) is 0 Å². The average molecular weight is 164 g/mol. The van der Waals surface area contributed by atoms with Gasteiger partial charge in [-0.25, -0.2) is 0 Å². The summed E-state index contributed by atoms with van der Waals surface area (Å²) < 4.78 is 0.919. The molecule has 3 heteroatoms. The van der Waals surface area contributed by atoms with Crippen LogP contribution in [0.2, 0.25) is 5.32 Å². The summed E-state index contributed by atoms with van der Waals surface area (Å²) in [6.45, 7) is 0. The summed E-state index contributed by atoms with van der Waals surface area (Å²) in [5.74, 6) is 0. The Hall–Kier alpha value is 0.279. The zero-order valence-electron chi connectivity index (χ0n) is 3.05. The monoisotopic (exact) mass is 165 g/mol. The van der Waals surface area contributed by atoms with Crippen LogP contribution in [-0.4, -0.2) is 25.1 Å². The van der Waals surface area contributed by atoms with Gasteiger partial charge in [0.15, 0.2) is 0 Å². The molecule has 1 aliphatic heterocycles. The summed E-state index contributed by atoms with van der Waals surface area (Å²) in [4.78, 5) is 3.87. The number of hydrogen-bond donors (Lipinski definition) is 0. The number of thiocarbonyl (C=S) groups is 1. The second-order valence-electron chi connectivity index (χ2n) is 0.889. The van der Waals surface area contributed by atoms with Crippen LogP contribution in [0.1, 0.15) is 0 Å². The van der Waals surface area contributed by atoms with E-state index in [1.165, 1.54) is 0 Å². The van der Waals surface area contributed by atoms with Gasteiger partial charge in [0.25, 0.3) is 0 Å². The van der Waals surface area contributed by atoms with E-state index >= 15 is 0 Å². The van der Waals surface area contributed by atoms with Crippen LogP contribution >= 0.6 is 12.2 Å². The van der Waals surface area contributed by atoms with E-state index in [4.69, 9.17) is 12.2 Å². The molecule has 1 nitrogen and oxygen atoms in total. The molecule has 0 aromatic rings. The van der Waals surface area contributed by atoms with E-state index in [1.807, 2.05) is 6.21 Å². The van der Waals surface area contributed by atoms with Crippen LogP contribution in [0.5, 0.6) is 0 Å². The molecule has 0 saturated heterocycles. The van der Waals surface area contributed by atoms with Gasteiger partial charge >= 0.3 is 47.6 Å². The molecule has 0 radical (unpaired) electrons. The number of aliphatic imine (C=N–C) groups is 1. The molecule has 0 bridgehead atoms. The van der Waals surface area contributed by atoms with Gasteiger partial charge in [0.05, 0.1) is 0 Å². The van der Waals surface area contributed by atoms with E-state index in [9.17, 15) is 0 Å². The molecule has 1 heterocycles. The van der Waals surface area contributed by atoms with E-state index in [1.54, 1.807) is 0 Å². The first-order chi connectivity index (χ1) is 2.89. The fraction of sp³-hybridized carbons (Fsp3) is 0.333. The second-order valence-corrected chi connectivity index (χ2v) is 3.97. The van der Waals surface area contributed by atoms with Gasteiger partial charge in [-0.1, -0.05) is 0 Å². The predicted molar refractivity (Wildman–Crippen MR) is 31.7 cm³/mol. The summed E-state index contributed by atoms with van der Waals surface area (Å²) in [7, 11) is 0. The standard InChI is InChI=1S/C3H3NSSe/c5-3-4-1-2-6-3/h1H,2H2. The maximum absolute atomic E-state index is 4.75. The van der Waals surface area contributed by atoms with Crippen molar-refractivity contribution in [2.24, 2.45) is 4.99 Å². The number of rotatable bonds is 0. The van der Waals surface area contributed by atoms with Crippen LogP contribution in [0.3, 0.4) is 0 Å². The van der Waals surface area contributed by atoms with Crippen molar-refractivity contribution < 1.29 is 0 Å². The van der Waals surface area contributed by atoms with Gasteiger partial charge in [0, 0.05) is 0 Å². The molecule has 0 atom stereocenters. The third-order valence-corrected chi connectivity index (χ3v) is 2.60. The van der Waals surface area contributed by atoms with Gasteiger partial charge in [-0.05, 0) is 0 Å². The molecule has 1 aliphatic rings. The first-order valence-electron chi connectivity index (χ1n) is 1.59. The normalized spacial score (nSPS) is 19.7. The fourth-order valence-corrected chi connectivity index (χ4v) is 1.61. The van der Waals surface area contributed by atoms with Gasteiger partial charge < -0.3 is 0 Å². The Labute approximate surface area is 48.0 Å². The van der Waals surface area contributed by atoms with Crippen LogP contribution < -0.4 is 0 Å². The van der Waals surface area contributed by atoms with Crippen molar-refractivity contribution in [3.63, 3.8) is 0 Å². The van der Waals surface area contributed by atoms with Crippen molar-refractivity contribution in [3.8, 4) is 0 Å². The van der Waals surface area contributed by atoms with E-state index in [2.05, 4.69) is 4.99 Å². The molecule has 1 rings (SSSR count). The average Bonchev–Trinajstić information content (AvgIpc) is 1.86. The Balaban J connectivity index is 2.59. The van der Waals surface area contributed by atoms with E-state index in [0.29, 0.717) is 15.0 Å². The zero-order chi connectivity index (χ0) is 4.41. The minimum absolute atomic E-state index is 0.537. The van der Waals surface area contributed by atoms with E-state index in [-0.39, 0.29) is 0 Å². The van der Waals surface area contributed by atoms with Gasteiger partial charge in [0.1, 0.15) is 0 Å². The van der Waals surface area contributed by atoms with Gasteiger partial charge in [0.2, 0.25) is 0 Å². The Morgan fingerprint density at radius 3 is 3.00 bits per heavy atom. The van der Waals surface area contributed by atoms with Crippen molar-refractivity contribution in [2.45, 2.75) is 5.32 Å². The molecule has 32 valence electrons. The van der Waals surface area contributed by atoms with Crippen LogP contribution in [0.15, 0.2) is 4.99 Å². The Morgan fingerprint density at radius 2 is 2.83 bits per heavy atom. The third-order valence-electron chi connectivity index (χ3n) is 0.478. The van der Waals surface area contributed by atoms with Crippen molar-refractivity contribution in [2.75, 3.05) is 0 Å². The molecule has 0 fully saturated rings. The Kier molecular flexibility index (Phi) is 1.35. The van der Waals surface area contributed by atoms with Gasteiger partial charge in [-0.2, -0.15) is 0 Å².